The highest BCUT2D eigenvalue weighted by molar-refractivity contribution is 6.31. The van der Waals surface area contributed by atoms with Crippen molar-refractivity contribution < 1.29 is 9.72 Å². The second kappa shape index (κ2) is 7.09. The first-order valence-electron chi connectivity index (χ1n) is 7.95. The Kier molecular flexibility index (Phi) is 4.86. The van der Waals surface area contributed by atoms with Crippen LogP contribution in [0.3, 0.4) is 0 Å². The molecule has 1 aromatic heterocycles. The average molecular weight is 370 g/mol. The molecule has 0 aliphatic rings. The molecule has 0 amide bonds. The average Bonchev–Trinajstić information content (AvgIpc) is 2.94. The molecule has 3 rings (SSSR count). The van der Waals surface area contributed by atoms with Crippen molar-refractivity contribution in [2.75, 3.05) is 0 Å². The number of ketones is 1. The number of carbonyl (C=O) groups is 1. The Morgan fingerprint density at radius 1 is 1.19 bits per heavy atom. The number of nitro groups is 1. The van der Waals surface area contributed by atoms with E-state index in [9.17, 15) is 14.9 Å². The van der Waals surface area contributed by atoms with Gasteiger partial charge in [0.05, 0.1) is 10.6 Å². The fourth-order valence-electron chi connectivity index (χ4n) is 2.81. The first kappa shape index (κ1) is 17.8. The van der Waals surface area contributed by atoms with E-state index in [2.05, 4.69) is 5.10 Å². The molecule has 2 aromatic carbocycles. The Balaban J connectivity index is 1.99. The monoisotopic (exact) mass is 369 g/mol. The van der Waals surface area contributed by atoms with Crippen molar-refractivity contribution in [2.45, 2.75) is 20.3 Å². The molecule has 0 atom stereocenters. The number of hydrogen-bond acceptors (Lipinski definition) is 4. The van der Waals surface area contributed by atoms with Crippen LogP contribution in [0.2, 0.25) is 5.02 Å². The van der Waals surface area contributed by atoms with E-state index in [0.717, 1.165) is 11.4 Å². The Morgan fingerprint density at radius 3 is 2.54 bits per heavy atom. The summed E-state index contributed by atoms with van der Waals surface area (Å²) in [6.45, 7) is 3.64. The largest absolute Gasteiger partial charge is 0.295 e. The van der Waals surface area contributed by atoms with Crippen LogP contribution in [0.1, 0.15) is 27.3 Å². The van der Waals surface area contributed by atoms with Crippen LogP contribution in [0.4, 0.5) is 5.69 Å². The molecule has 0 saturated heterocycles. The van der Waals surface area contributed by atoms with E-state index in [-0.39, 0.29) is 23.5 Å². The van der Waals surface area contributed by atoms with Gasteiger partial charge in [0.15, 0.2) is 5.78 Å². The minimum Gasteiger partial charge on any atom is -0.294 e. The number of benzene rings is 2. The maximum absolute atomic E-state index is 12.6. The summed E-state index contributed by atoms with van der Waals surface area (Å²) in [5.41, 5.74) is 2.65. The summed E-state index contributed by atoms with van der Waals surface area (Å²) in [7, 11) is 0. The van der Waals surface area contributed by atoms with Crippen molar-refractivity contribution >= 4 is 23.1 Å². The molecule has 132 valence electrons. The zero-order valence-corrected chi connectivity index (χ0v) is 15.0. The summed E-state index contributed by atoms with van der Waals surface area (Å²) in [6, 6.07) is 13.3. The quantitative estimate of drug-likeness (QED) is 0.377. The maximum Gasteiger partial charge on any atom is 0.295 e. The normalized spacial score (nSPS) is 10.7. The first-order chi connectivity index (χ1) is 12.4. The zero-order valence-electron chi connectivity index (χ0n) is 14.3. The summed E-state index contributed by atoms with van der Waals surface area (Å²) < 4.78 is 1.51. The van der Waals surface area contributed by atoms with E-state index < -0.39 is 4.92 Å². The van der Waals surface area contributed by atoms with Crippen LogP contribution in [0, 0.1) is 24.0 Å². The molecule has 3 aromatic rings. The van der Waals surface area contributed by atoms with Gasteiger partial charge in [-0.3, -0.25) is 14.9 Å². The molecule has 0 aliphatic heterocycles. The Labute approximate surface area is 155 Å². The van der Waals surface area contributed by atoms with Gasteiger partial charge in [-0.25, -0.2) is 4.68 Å². The molecule has 0 N–H and O–H groups in total. The van der Waals surface area contributed by atoms with E-state index >= 15 is 0 Å². The van der Waals surface area contributed by atoms with Crippen molar-refractivity contribution in [3.8, 4) is 5.69 Å². The predicted molar refractivity (Wildman–Crippen MR) is 99.2 cm³/mol. The van der Waals surface area contributed by atoms with Gasteiger partial charge in [-0.05, 0) is 43.7 Å². The van der Waals surface area contributed by atoms with Crippen molar-refractivity contribution in [2.24, 2.45) is 0 Å². The Morgan fingerprint density at radius 2 is 1.92 bits per heavy atom. The molecular weight excluding hydrogens is 354 g/mol. The van der Waals surface area contributed by atoms with Crippen LogP contribution in [-0.4, -0.2) is 20.5 Å². The smallest absolute Gasteiger partial charge is 0.294 e. The van der Waals surface area contributed by atoms with Gasteiger partial charge in [0.1, 0.15) is 5.69 Å². The number of nitrogens with zero attached hydrogens (tertiary/aromatic N) is 3. The lowest BCUT2D eigenvalue weighted by atomic mass is 10.0. The van der Waals surface area contributed by atoms with Gasteiger partial charge < -0.3 is 0 Å². The third-order valence-corrected chi connectivity index (χ3v) is 4.41. The van der Waals surface area contributed by atoms with Crippen molar-refractivity contribution in [1.82, 2.24) is 9.78 Å². The summed E-state index contributed by atoms with van der Waals surface area (Å²) >= 11 is 6.09. The second-order valence-corrected chi connectivity index (χ2v) is 6.40. The fraction of sp³-hybridized carbons (Fsp3) is 0.158. The number of aryl methyl sites for hydroxylation is 2. The fourth-order valence-corrected chi connectivity index (χ4v) is 3.01. The molecular formula is C19H16ClN3O3. The van der Waals surface area contributed by atoms with Gasteiger partial charge in [0.25, 0.3) is 5.69 Å². The number of nitro benzene ring substituents is 1. The topological polar surface area (TPSA) is 78.0 Å². The molecule has 1 heterocycles. The summed E-state index contributed by atoms with van der Waals surface area (Å²) in [4.78, 5) is 23.6. The molecule has 0 spiro atoms. The summed E-state index contributed by atoms with van der Waals surface area (Å²) in [6.07, 6.45) is 0.0794. The first-order valence-corrected chi connectivity index (χ1v) is 8.33. The van der Waals surface area contributed by atoms with Gasteiger partial charge in [-0.2, -0.15) is 5.10 Å². The molecule has 0 aliphatic carbocycles. The lowest BCUT2D eigenvalue weighted by Crippen LogP contribution is -2.08. The highest BCUT2D eigenvalue weighted by atomic mass is 35.5. The van der Waals surface area contributed by atoms with Crippen molar-refractivity contribution in [3.63, 3.8) is 0 Å². The molecule has 6 nitrogen and oxygen atoms in total. The van der Waals surface area contributed by atoms with E-state index in [0.29, 0.717) is 16.3 Å². The minimum atomic E-state index is -0.502. The van der Waals surface area contributed by atoms with Crippen LogP contribution >= 0.6 is 11.6 Å². The minimum absolute atomic E-state index is 0.0794. The van der Waals surface area contributed by atoms with E-state index in [1.807, 2.05) is 19.9 Å². The standard InChI is InChI=1S/C19H16ClN3O3/c1-12-9-13(2)22(21-12)17-8-7-15(10-18(17)23(25)26)19(24)11-14-5-3-4-6-16(14)20/h3-10H,11H2,1-2H3. The van der Waals surface area contributed by atoms with E-state index in [4.69, 9.17) is 11.6 Å². The van der Waals surface area contributed by atoms with Crippen molar-refractivity contribution in [1.29, 1.82) is 0 Å². The van der Waals surface area contributed by atoms with E-state index in [1.165, 1.54) is 10.7 Å². The van der Waals surface area contributed by atoms with Crippen LogP contribution < -0.4 is 0 Å². The van der Waals surface area contributed by atoms with Gasteiger partial charge >= 0.3 is 0 Å². The third kappa shape index (κ3) is 3.50. The predicted octanol–water partition coefficient (Wildman–Crippen LogP) is 4.48. The number of hydrogen-bond donors (Lipinski definition) is 0. The van der Waals surface area contributed by atoms with Gasteiger partial charge in [0.2, 0.25) is 0 Å². The lowest BCUT2D eigenvalue weighted by molar-refractivity contribution is -0.384. The zero-order chi connectivity index (χ0) is 18.8. The lowest BCUT2D eigenvalue weighted by Gasteiger charge is -2.08. The molecule has 0 unspecified atom stereocenters. The molecule has 26 heavy (non-hydrogen) atoms. The third-order valence-electron chi connectivity index (χ3n) is 4.04. The maximum atomic E-state index is 12.6. The van der Waals surface area contributed by atoms with Crippen LogP contribution in [0.25, 0.3) is 5.69 Å². The van der Waals surface area contributed by atoms with Gasteiger partial charge in [-0.1, -0.05) is 29.8 Å². The van der Waals surface area contributed by atoms with Crippen LogP contribution in [0.15, 0.2) is 48.5 Å². The Hall–Kier alpha value is -2.99. The molecule has 0 radical (unpaired) electrons. The van der Waals surface area contributed by atoms with Gasteiger partial charge in [0, 0.05) is 28.8 Å². The highest BCUT2D eigenvalue weighted by Crippen LogP contribution is 2.26. The number of rotatable bonds is 5. The van der Waals surface area contributed by atoms with Gasteiger partial charge in [-0.15, -0.1) is 0 Å². The highest BCUT2D eigenvalue weighted by Gasteiger charge is 2.21. The summed E-state index contributed by atoms with van der Waals surface area (Å²) in [5.74, 6) is -0.235. The van der Waals surface area contributed by atoms with E-state index in [1.54, 1.807) is 36.4 Å². The Bertz CT molecular complexity index is 1010. The molecule has 0 saturated carbocycles. The molecule has 0 bridgehead atoms. The molecule has 7 heteroatoms. The van der Waals surface area contributed by atoms with Crippen LogP contribution in [-0.2, 0) is 6.42 Å². The van der Waals surface area contributed by atoms with Crippen molar-refractivity contribution in [3.05, 3.63) is 86.2 Å². The number of carbonyl (C=O) groups excluding carboxylic acids is 1. The van der Waals surface area contributed by atoms with Crippen LogP contribution in [0.5, 0.6) is 0 Å². The summed E-state index contributed by atoms with van der Waals surface area (Å²) in [5, 5.41) is 16.3. The SMILES string of the molecule is Cc1cc(C)n(-c2ccc(C(=O)Cc3ccccc3Cl)cc2[N+](=O)[O-])n1. The second-order valence-electron chi connectivity index (χ2n) is 5.99. The molecule has 0 fully saturated rings. The number of aromatic nitrogens is 2. The number of halogens is 1. The number of Topliss-reactive ketones (excluding diaryl/α,β-unsaturated/α-hetero) is 1.